The molecule has 2 unspecified atom stereocenters. The summed E-state index contributed by atoms with van der Waals surface area (Å²) in [5.41, 5.74) is 8.33. The molecule has 2 atom stereocenters. The fourth-order valence-corrected chi connectivity index (χ4v) is 2.30. The molecule has 1 aliphatic heterocycles. The molecule has 0 spiro atoms. The molecule has 0 radical (unpaired) electrons. The number of hydrogen-bond acceptors (Lipinski definition) is 3. The summed E-state index contributed by atoms with van der Waals surface area (Å²) in [5, 5.41) is 0. The van der Waals surface area contributed by atoms with E-state index in [0.29, 0.717) is 6.10 Å². The highest BCUT2D eigenvalue weighted by molar-refractivity contribution is 5.16. The molecule has 0 saturated carbocycles. The first-order chi connectivity index (χ1) is 8.25. The summed E-state index contributed by atoms with van der Waals surface area (Å²) >= 11 is 0. The largest absolute Gasteiger partial charge is 0.378 e. The minimum Gasteiger partial charge on any atom is -0.378 e. The molecular weight excluding hydrogens is 212 g/mol. The lowest BCUT2D eigenvalue weighted by Crippen LogP contribution is -2.12. The van der Waals surface area contributed by atoms with Gasteiger partial charge in [0.25, 0.3) is 0 Å². The Morgan fingerprint density at radius 2 is 2.41 bits per heavy atom. The van der Waals surface area contributed by atoms with Crippen molar-refractivity contribution in [2.24, 2.45) is 5.73 Å². The van der Waals surface area contributed by atoms with Gasteiger partial charge in [0.15, 0.2) is 0 Å². The SMILES string of the molecule is Cc1ccc(C(N)CCCC2CCCO2)cn1. The van der Waals surface area contributed by atoms with Crippen molar-refractivity contribution < 1.29 is 4.74 Å². The normalized spacial score (nSPS) is 21.6. The van der Waals surface area contributed by atoms with Gasteiger partial charge < -0.3 is 10.5 Å². The Hall–Kier alpha value is -0.930. The summed E-state index contributed by atoms with van der Waals surface area (Å²) in [7, 11) is 0. The predicted molar refractivity (Wildman–Crippen MR) is 68.7 cm³/mol. The van der Waals surface area contributed by atoms with E-state index in [2.05, 4.69) is 11.1 Å². The molecule has 17 heavy (non-hydrogen) atoms. The van der Waals surface area contributed by atoms with Crippen LogP contribution in [0.25, 0.3) is 0 Å². The Morgan fingerprint density at radius 3 is 3.06 bits per heavy atom. The Labute approximate surface area is 103 Å². The number of nitrogens with zero attached hydrogens (tertiary/aromatic N) is 1. The van der Waals surface area contributed by atoms with E-state index in [9.17, 15) is 0 Å². The Kier molecular flexibility index (Phi) is 4.51. The number of hydrogen-bond donors (Lipinski definition) is 1. The maximum Gasteiger partial charge on any atom is 0.0576 e. The van der Waals surface area contributed by atoms with Crippen molar-refractivity contribution in [3.63, 3.8) is 0 Å². The van der Waals surface area contributed by atoms with Gasteiger partial charge in [0, 0.05) is 24.5 Å². The molecule has 3 nitrogen and oxygen atoms in total. The number of ether oxygens (including phenoxy) is 1. The molecule has 1 aliphatic rings. The number of nitrogens with two attached hydrogens (primary N) is 1. The maximum absolute atomic E-state index is 6.15. The van der Waals surface area contributed by atoms with E-state index in [1.165, 1.54) is 12.8 Å². The monoisotopic (exact) mass is 234 g/mol. The third kappa shape index (κ3) is 3.79. The van der Waals surface area contributed by atoms with Crippen molar-refractivity contribution in [3.05, 3.63) is 29.6 Å². The molecule has 1 aromatic rings. The summed E-state index contributed by atoms with van der Waals surface area (Å²) in [6, 6.07) is 4.22. The van der Waals surface area contributed by atoms with Crippen molar-refractivity contribution in [1.82, 2.24) is 4.98 Å². The summed E-state index contributed by atoms with van der Waals surface area (Å²) in [4.78, 5) is 4.28. The van der Waals surface area contributed by atoms with Crippen LogP contribution >= 0.6 is 0 Å². The highest BCUT2D eigenvalue weighted by atomic mass is 16.5. The minimum atomic E-state index is 0.115. The molecule has 2 rings (SSSR count). The molecule has 1 aromatic heterocycles. The van der Waals surface area contributed by atoms with Crippen molar-refractivity contribution in [2.45, 2.75) is 51.2 Å². The zero-order chi connectivity index (χ0) is 12.1. The van der Waals surface area contributed by atoms with Crippen molar-refractivity contribution >= 4 is 0 Å². The van der Waals surface area contributed by atoms with Crippen LogP contribution in [0.15, 0.2) is 18.3 Å². The summed E-state index contributed by atoms with van der Waals surface area (Å²) in [5.74, 6) is 0. The molecule has 3 heteroatoms. The third-order valence-corrected chi connectivity index (χ3v) is 3.43. The fourth-order valence-electron chi connectivity index (χ4n) is 2.30. The van der Waals surface area contributed by atoms with Crippen LogP contribution in [-0.4, -0.2) is 17.7 Å². The molecule has 0 aromatic carbocycles. The first-order valence-electron chi connectivity index (χ1n) is 6.55. The molecule has 0 amide bonds. The van der Waals surface area contributed by atoms with Crippen LogP contribution in [0.2, 0.25) is 0 Å². The van der Waals surface area contributed by atoms with Crippen LogP contribution < -0.4 is 5.73 Å². The Morgan fingerprint density at radius 1 is 1.53 bits per heavy atom. The molecule has 1 saturated heterocycles. The van der Waals surface area contributed by atoms with Gasteiger partial charge in [-0.1, -0.05) is 6.07 Å². The van der Waals surface area contributed by atoms with Gasteiger partial charge in [-0.2, -0.15) is 0 Å². The summed E-state index contributed by atoms with van der Waals surface area (Å²) < 4.78 is 5.60. The van der Waals surface area contributed by atoms with Gasteiger partial charge in [0.1, 0.15) is 0 Å². The van der Waals surface area contributed by atoms with Gasteiger partial charge in [-0.15, -0.1) is 0 Å². The van der Waals surface area contributed by atoms with Crippen molar-refractivity contribution in [3.8, 4) is 0 Å². The quantitative estimate of drug-likeness (QED) is 0.852. The molecular formula is C14H22N2O. The highest BCUT2D eigenvalue weighted by Gasteiger charge is 2.15. The smallest absolute Gasteiger partial charge is 0.0576 e. The molecule has 2 N–H and O–H groups in total. The van der Waals surface area contributed by atoms with Gasteiger partial charge in [-0.05, 0) is 50.7 Å². The minimum absolute atomic E-state index is 0.115. The van der Waals surface area contributed by atoms with Gasteiger partial charge >= 0.3 is 0 Å². The van der Waals surface area contributed by atoms with Gasteiger partial charge in [-0.3, -0.25) is 4.98 Å². The van der Waals surface area contributed by atoms with Gasteiger partial charge in [0.05, 0.1) is 6.10 Å². The van der Waals surface area contributed by atoms with Crippen LogP contribution in [0.1, 0.15) is 49.4 Å². The second-order valence-electron chi connectivity index (χ2n) is 4.91. The molecule has 2 heterocycles. The lowest BCUT2D eigenvalue weighted by Gasteiger charge is -2.13. The summed E-state index contributed by atoms with van der Waals surface area (Å²) in [6.45, 7) is 2.94. The second-order valence-corrected chi connectivity index (χ2v) is 4.91. The maximum atomic E-state index is 6.15. The number of aryl methyl sites for hydroxylation is 1. The van der Waals surface area contributed by atoms with E-state index in [1.54, 1.807) is 0 Å². The topological polar surface area (TPSA) is 48.1 Å². The molecule has 94 valence electrons. The summed E-state index contributed by atoms with van der Waals surface area (Å²) in [6.07, 6.45) is 8.13. The number of pyridine rings is 1. The lowest BCUT2D eigenvalue weighted by atomic mass is 10.0. The average molecular weight is 234 g/mol. The van der Waals surface area contributed by atoms with Crippen LogP contribution in [0.4, 0.5) is 0 Å². The lowest BCUT2D eigenvalue weighted by molar-refractivity contribution is 0.101. The van der Waals surface area contributed by atoms with E-state index >= 15 is 0 Å². The second kappa shape index (κ2) is 6.12. The van der Waals surface area contributed by atoms with Crippen LogP contribution in [0.3, 0.4) is 0 Å². The van der Waals surface area contributed by atoms with E-state index in [0.717, 1.165) is 37.1 Å². The highest BCUT2D eigenvalue weighted by Crippen LogP contribution is 2.21. The van der Waals surface area contributed by atoms with Crippen molar-refractivity contribution in [2.75, 3.05) is 6.61 Å². The van der Waals surface area contributed by atoms with E-state index in [-0.39, 0.29) is 6.04 Å². The zero-order valence-electron chi connectivity index (χ0n) is 10.6. The van der Waals surface area contributed by atoms with E-state index < -0.39 is 0 Å². The standard InChI is InChI=1S/C14H22N2O/c1-11-7-8-12(10-16-11)14(15)6-2-4-13-5-3-9-17-13/h7-8,10,13-14H,2-6,9,15H2,1H3. The van der Waals surface area contributed by atoms with E-state index in [1.807, 2.05) is 19.2 Å². The van der Waals surface area contributed by atoms with E-state index in [4.69, 9.17) is 10.5 Å². The van der Waals surface area contributed by atoms with Crippen molar-refractivity contribution in [1.29, 1.82) is 0 Å². The van der Waals surface area contributed by atoms with Gasteiger partial charge in [-0.25, -0.2) is 0 Å². The van der Waals surface area contributed by atoms with Crippen LogP contribution in [0, 0.1) is 6.92 Å². The van der Waals surface area contributed by atoms with Crippen LogP contribution in [-0.2, 0) is 4.74 Å². The average Bonchev–Trinajstić information content (AvgIpc) is 2.83. The number of rotatable bonds is 5. The molecule has 0 aliphatic carbocycles. The predicted octanol–water partition coefficient (Wildman–Crippen LogP) is 2.74. The Bertz CT molecular complexity index is 331. The van der Waals surface area contributed by atoms with Gasteiger partial charge in [0.2, 0.25) is 0 Å². The Balaban J connectivity index is 1.72. The molecule has 0 bridgehead atoms. The van der Waals surface area contributed by atoms with Crippen LogP contribution in [0.5, 0.6) is 0 Å². The zero-order valence-corrected chi connectivity index (χ0v) is 10.6. The fraction of sp³-hybridized carbons (Fsp3) is 0.643. The first-order valence-corrected chi connectivity index (χ1v) is 6.55. The first kappa shape index (κ1) is 12.5. The third-order valence-electron chi connectivity index (χ3n) is 3.43. The molecule has 1 fully saturated rings. The number of aromatic nitrogens is 1.